The highest BCUT2D eigenvalue weighted by Gasteiger charge is 2.07. The molecule has 94 valence electrons. The Labute approximate surface area is 106 Å². The zero-order valence-electron chi connectivity index (χ0n) is 10.4. The van der Waals surface area contributed by atoms with Gasteiger partial charge in [0.2, 0.25) is 0 Å². The summed E-state index contributed by atoms with van der Waals surface area (Å²) in [5.41, 5.74) is 2.43. The van der Waals surface area contributed by atoms with Crippen LogP contribution in [0.25, 0.3) is 0 Å². The fraction of sp³-hybridized carbons (Fsp3) is 0.200. The van der Waals surface area contributed by atoms with Gasteiger partial charge in [0.15, 0.2) is 0 Å². The number of aromatic hydroxyl groups is 1. The first-order valence-electron chi connectivity index (χ1n) is 5.88. The Kier molecular flexibility index (Phi) is 3.51. The van der Waals surface area contributed by atoms with Gasteiger partial charge in [0.1, 0.15) is 11.6 Å². The van der Waals surface area contributed by atoms with Crippen LogP contribution in [0.15, 0.2) is 42.5 Å². The number of hydrogen-bond donors (Lipinski definition) is 2. The first kappa shape index (κ1) is 12.4. The lowest BCUT2D eigenvalue weighted by Crippen LogP contribution is -2.07. The Morgan fingerprint density at radius 1 is 1.11 bits per heavy atom. The van der Waals surface area contributed by atoms with Crippen LogP contribution in [0.3, 0.4) is 0 Å². The second kappa shape index (κ2) is 5.08. The maximum absolute atomic E-state index is 13.5. The number of phenols is 1. The van der Waals surface area contributed by atoms with Crippen molar-refractivity contribution in [3.63, 3.8) is 0 Å². The van der Waals surface area contributed by atoms with Gasteiger partial charge in [-0.1, -0.05) is 12.1 Å². The van der Waals surface area contributed by atoms with Crippen molar-refractivity contribution >= 4 is 5.69 Å². The monoisotopic (exact) mass is 245 g/mol. The van der Waals surface area contributed by atoms with Gasteiger partial charge in [-0.2, -0.15) is 0 Å². The van der Waals surface area contributed by atoms with Gasteiger partial charge in [-0.3, -0.25) is 0 Å². The molecule has 18 heavy (non-hydrogen) atoms. The van der Waals surface area contributed by atoms with Crippen molar-refractivity contribution in [2.24, 2.45) is 0 Å². The van der Waals surface area contributed by atoms with E-state index in [0.717, 1.165) is 11.3 Å². The molecule has 0 heterocycles. The number of hydrogen-bond acceptors (Lipinski definition) is 2. The van der Waals surface area contributed by atoms with E-state index in [0.29, 0.717) is 5.56 Å². The fourth-order valence-electron chi connectivity index (χ4n) is 1.77. The third-order valence-electron chi connectivity index (χ3n) is 2.95. The summed E-state index contributed by atoms with van der Waals surface area (Å²) in [5, 5.41) is 12.5. The van der Waals surface area contributed by atoms with Gasteiger partial charge >= 0.3 is 0 Å². The van der Waals surface area contributed by atoms with Crippen molar-refractivity contribution in [2.45, 2.75) is 19.9 Å². The molecule has 1 atom stereocenters. The molecule has 0 aliphatic heterocycles. The third kappa shape index (κ3) is 2.80. The second-order valence-corrected chi connectivity index (χ2v) is 4.42. The first-order chi connectivity index (χ1) is 8.56. The van der Waals surface area contributed by atoms with Crippen molar-refractivity contribution in [1.82, 2.24) is 0 Å². The minimum absolute atomic E-state index is 0.00430. The van der Waals surface area contributed by atoms with Crippen LogP contribution in [0, 0.1) is 12.7 Å². The van der Waals surface area contributed by atoms with E-state index in [2.05, 4.69) is 5.32 Å². The molecule has 3 heteroatoms. The van der Waals surface area contributed by atoms with E-state index >= 15 is 0 Å². The molecule has 0 aliphatic carbocycles. The molecule has 2 rings (SSSR count). The molecule has 0 radical (unpaired) electrons. The minimum Gasteiger partial charge on any atom is -0.508 e. The lowest BCUT2D eigenvalue weighted by Gasteiger charge is -2.16. The van der Waals surface area contributed by atoms with Crippen LogP contribution in [0.4, 0.5) is 10.1 Å². The van der Waals surface area contributed by atoms with E-state index < -0.39 is 0 Å². The highest BCUT2D eigenvalue weighted by Crippen LogP contribution is 2.22. The Hall–Kier alpha value is -2.03. The molecule has 2 aromatic carbocycles. The highest BCUT2D eigenvalue weighted by atomic mass is 19.1. The summed E-state index contributed by atoms with van der Waals surface area (Å²) < 4.78 is 13.5. The predicted octanol–water partition coefficient (Wildman–Crippen LogP) is 4.01. The average Bonchev–Trinajstić information content (AvgIpc) is 2.35. The van der Waals surface area contributed by atoms with Crippen molar-refractivity contribution in [3.05, 3.63) is 59.4 Å². The molecule has 0 aliphatic rings. The molecular formula is C15H16FNO. The summed E-state index contributed by atoms with van der Waals surface area (Å²) in [4.78, 5) is 0. The summed E-state index contributed by atoms with van der Waals surface area (Å²) >= 11 is 0. The molecule has 0 amide bonds. The average molecular weight is 245 g/mol. The summed E-state index contributed by atoms with van der Waals surface area (Å²) in [7, 11) is 0. The van der Waals surface area contributed by atoms with E-state index in [1.54, 1.807) is 43.3 Å². The Morgan fingerprint density at radius 3 is 2.39 bits per heavy atom. The van der Waals surface area contributed by atoms with E-state index in [-0.39, 0.29) is 17.6 Å². The van der Waals surface area contributed by atoms with E-state index in [1.165, 1.54) is 0 Å². The number of aryl methyl sites for hydroxylation is 1. The SMILES string of the molecule is Cc1ccc(C(C)Nc2ccc(O)cc2)cc1F. The molecule has 0 bridgehead atoms. The normalized spacial score (nSPS) is 12.2. The van der Waals surface area contributed by atoms with E-state index in [9.17, 15) is 9.50 Å². The molecule has 0 aromatic heterocycles. The van der Waals surface area contributed by atoms with Gasteiger partial charge in [0, 0.05) is 11.7 Å². The van der Waals surface area contributed by atoms with Crippen LogP contribution >= 0.6 is 0 Å². The molecule has 0 fully saturated rings. The Balaban J connectivity index is 2.13. The van der Waals surface area contributed by atoms with Gasteiger partial charge in [0.05, 0.1) is 0 Å². The quantitative estimate of drug-likeness (QED) is 0.801. The van der Waals surface area contributed by atoms with Crippen molar-refractivity contribution in [2.75, 3.05) is 5.32 Å². The van der Waals surface area contributed by atoms with Gasteiger partial charge in [-0.15, -0.1) is 0 Å². The number of nitrogens with one attached hydrogen (secondary N) is 1. The van der Waals surface area contributed by atoms with Gasteiger partial charge < -0.3 is 10.4 Å². The topological polar surface area (TPSA) is 32.3 Å². The second-order valence-electron chi connectivity index (χ2n) is 4.42. The highest BCUT2D eigenvalue weighted by molar-refractivity contribution is 5.48. The fourth-order valence-corrected chi connectivity index (χ4v) is 1.77. The maximum Gasteiger partial charge on any atom is 0.126 e. The summed E-state index contributed by atoms with van der Waals surface area (Å²) in [6.45, 7) is 3.72. The summed E-state index contributed by atoms with van der Waals surface area (Å²) in [6.07, 6.45) is 0. The van der Waals surface area contributed by atoms with Crippen molar-refractivity contribution < 1.29 is 9.50 Å². The Bertz CT molecular complexity index is 537. The molecular weight excluding hydrogens is 229 g/mol. The molecule has 2 nitrogen and oxygen atoms in total. The summed E-state index contributed by atoms with van der Waals surface area (Å²) in [6, 6.07) is 12.1. The number of benzene rings is 2. The maximum atomic E-state index is 13.5. The number of halogens is 1. The smallest absolute Gasteiger partial charge is 0.126 e. The minimum atomic E-state index is -0.188. The van der Waals surface area contributed by atoms with E-state index in [4.69, 9.17) is 0 Å². The van der Waals surface area contributed by atoms with E-state index in [1.807, 2.05) is 13.0 Å². The molecule has 2 N–H and O–H groups in total. The molecule has 1 unspecified atom stereocenters. The standard InChI is InChI=1S/C15H16FNO/c1-10-3-4-12(9-15(10)16)11(2)17-13-5-7-14(18)8-6-13/h3-9,11,17-18H,1-2H3. The van der Waals surface area contributed by atoms with Crippen LogP contribution in [0.2, 0.25) is 0 Å². The molecule has 2 aromatic rings. The van der Waals surface area contributed by atoms with Gasteiger partial charge in [0.25, 0.3) is 0 Å². The number of rotatable bonds is 3. The largest absolute Gasteiger partial charge is 0.508 e. The van der Waals surface area contributed by atoms with Gasteiger partial charge in [-0.05, 0) is 55.3 Å². The zero-order valence-corrected chi connectivity index (χ0v) is 10.4. The van der Waals surface area contributed by atoms with Gasteiger partial charge in [-0.25, -0.2) is 4.39 Å². The van der Waals surface area contributed by atoms with Crippen LogP contribution in [-0.4, -0.2) is 5.11 Å². The van der Waals surface area contributed by atoms with Crippen LogP contribution in [-0.2, 0) is 0 Å². The molecule has 0 saturated heterocycles. The number of anilines is 1. The molecule has 0 saturated carbocycles. The zero-order chi connectivity index (χ0) is 13.1. The number of phenolic OH excluding ortho intramolecular Hbond substituents is 1. The van der Waals surface area contributed by atoms with Crippen LogP contribution in [0.5, 0.6) is 5.75 Å². The lowest BCUT2D eigenvalue weighted by molar-refractivity contribution is 0.475. The summed E-state index contributed by atoms with van der Waals surface area (Å²) in [5.74, 6) is 0.0430. The van der Waals surface area contributed by atoms with Crippen molar-refractivity contribution in [1.29, 1.82) is 0 Å². The lowest BCUT2D eigenvalue weighted by atomic mass is 10.1. The van der Waals surface area contributed by atoms with Crippen molar-refractivity contribution in [3.8, 4) is 5.75 Å². The van der Waals surface area contributed by atoms with Crippen LogP contribution < -0.4 is 5.32 Å². The third-order valence-corrected chi connectivity index (χ3v) is 2.95. The molecule has 0 spiro atoms. The first-order valence-corrected chi connectivity index (χ1v) is 5.88. The predicted molar refractivity (Wildman–Crippen MR) is 71.3 cm³/mol. The van der Waals surface area contributed by atoms with Crippen LogP contribution in [0.1, 0.15) is 24.1 Å². The Morgan fingerprint density at radius 2 is 1.78 bits per heavy atom.